The molecule has 3 heteroatoms. The van der Waals surface area contributed by atoms with Crippen molar-refractivity contribution in [3.05, 3.63) is 36.0 Å². The second-order valence-electron chi connectivity index (χ2n) is 3.00. The molecule has 0 saturated carbocycles. The Bertz CT molecular complexity index is 384. The maximum absolute atomic E-state index is 4.16. The number of aromatic nitrogens is 3. The van der Waals surface area contributed by atoms with Gasteiger partial charge < -0.3 is 4.98 Å². The molecule has 0 saturated heterocycles. The Kier molecular flexibility index (Phi) is 1.85. The van der Waals surface area contributed by atoms with Gasteiger partial charge in [0.2, 0.25) is 0 Å². The van der Waals surface area contributed by atoms with Gasteiger partial charge in [-0.1, -0.05) is 0 Å². The van der Waals surface area contributed by atoms with E-state index in [0.717, 1.165) is 22.6 Å². The zero-order chi connectivity index (χ0) is 9.26. The molecule has 2 heterocycles. The highest BCUT2D eigenvalue weighted by Gasteiger charge is 2.06. The molecule has 2 aromatic rings. The van der Waals surface area contributed by atoms with Crippen LogP contribution < -0.4 is 0 Å². The van der Waals surface area contributed by atoms with Gasteiger partial charge in [0, 0.05) is 17.5 Å². The first-order valence-corrected chi connectivity index (χ1v) is 4.21. The molecule has 0 amide bonds. The Morgan fingerprint density at radius 3 is 2.38 bits per heavy atom. The molecule has 3 nitrogen and oxygen atoms in total. The van der Waals surface area contributed by atoms with Gasteiger partial charge in [-0.3, -0.25) is 0 Å². The molecule has 0 aliphatic heterocycles. The van der Waals surface area contributed by atoms with Gasteiger partial charge in [0.25, 0.3) is 0 Å². The van der Waals surface area contributed by atoms with Gasteiger partial charge in [0.1, 0.15) is 6.33 Å². The van der Waals surface area contributed by atoms with E-state index in [1.165, 1.54) is 0 Å². The fourth-order valence-corrected chi connectivity index (χ4v) is 1.47. The van der Waals surface area contributed by atoms with Crippen LogP contribution in [-0.2, 0) is 0 Å². The van der Waals surface area contributed by atoms with Gasteiger partial charge in [0.05, 0.1) is 11.4 Å². The minimum Gasteiger partial charge on any atom is -0.361 e. The average Bonchev–Trinajstić information content (AvgIpc) is 2.57. The molecule has 0 unspecified atom stereocenters. The summed E-state index contributed by atoms with van der Waals surface area (Å²) in [6.45, 7) is 3.98. The Morgan fingerprint density at radius 1 is 1.15 bits per heavy atom. The molecule has 2 rings (SSSR count). The van der Waals surface area contributed by atoms with Crippen molar-refractivity contribution < 1.29 is 0 Å². The molecule has 0 fully saturated rings. The minimum absolute atomic E-state index is 1.01. The lowest BCUT2D eigenvalue weighted by Gasteiger charge is -2.04. The molecule has 1 N–H and O–H groups in total. The van der Waals surface area contributed by atoms with Crippen LogP contribution in [0.4, 0.5) is 0 Å². The molecule has 13 heavy (non-hydrogen) atoms. The maximum Gasteiger partial charge on any atom is 0.115 e. The number of aromatic amines is 1. The van der Waals surface area contributed by atoms with Crippen LogP contribution in [0.5, 0.6) is 0 Å². The third-order valence-corrected chi connectivity index (χ3v) is 2.09. The van der Waals surface area contributed by atoms with Crippen LogP contribution in [0.15, 0.2) is 24.7 Å². The SMILES string of the molecule is Cc1ncnc(C)c1-c1ccc[nH]1. The molecular formula is C10H11N3. The number of nitrogens with zero attached hydrogens (tertiary/aromatic N) is 2. The number of rotatable bonds is 1. The standard InChI is InChI=1S/C10H11N3/c1-7-10(8(2)13-6-12-7)9-4-3-5-11-9/h3-6,11H,1-2H3. The molecule has 0 atom stereocenters. The Labute approximate surface area is 76.9 Å². The number of hydrogen-bond acceptors (Lipinski definition) is 2. The first-order valence-electron chi connectivity index (χ1n) is 4.21. The van der Waals surface area contributed by atoms with Crippen molar-refractivity contribution in [3.63, 3.8) is 0 Å². The van der Waals surface area contributed by atoms with E-state index < -0.39 is 0 Å². The molecule has 0 aromatic carbocycles. The van der Waals surface area contributed by atoms with Crippen molar-refractivity contribution in [2.75, 3.05) is 0 Å². The lowest BCUT2D eigenvalue weighted by molar-refractivity contribution is 1.05. The molecular weight excluding hydrogens is 162 g/mol. The number of H-pyrrole nitrogens is 1. The molecule has 0 bridgehead atoms. The highest BCUT2D eigenvalue weighted by molar-refractivity contribution is 5.63. The topological polar surface area (TPSA) is 41.6 Å². The highest BCUT2D eigenvalue weighted by Crippen LogP contribution is 2.21. The Balaban J connectivity index is 2.64. The van der Waals surface area contributed by atoms with Gasteiger partial charge in [-0.25, -0.2) is 9.97 Å². The maximum atomic E-state index is 4.16. The van der Waals surface area contributed by atoms with E-state index in [2.05, 4.69) is 15.0 Å². The third kappa shape index (κ3) is 1.33. The summed E-state index contributed by atoms with van der Waals surface area (Å²) in [5.41, 5.74) is 4.20. The Morgan fingerprint density at radius 2 is 1.85 bits per heavy atom. The van der Waals surface area contributed by atoms with E-state index >= 15 is 0 Å². The fraction of sp³-hybridized carbons (Fsp3) is 0.200. The van der Waals surface area contributed by atoms with Crippen molar-refractivity contribution in [3.8, 4) is 11.3 Å². The molecule has 2 aromatic heterocycles. The normalized spacial score (nSPS) is 10.3. The summed E-state index contributed by atoms with van der Waals surface area (Å²) in [6, 6.07) is 4.00. The van der Waals surface area contributed by atoms with Crippen LogP contribution >= 0.6 is 0 Å². The molecule has 0 aliphatic carbocycles. The van der Waals surface area contributed by atoms with Gasteiger partial charge in [-0.15, -0.1) is 0 Å². The fourth-order valence-electron chi connectivity index (χ4n) is 1.47. The number of nitrogens with one attached hydrogen (secondary N) is 1. The first-order chi connectivity index (χ1) is 6.29. The van der Waals surface area contributed by atoms with Crippen LogP contribution in [0.1, 0.15) is 11.4 Å². The summed E-state index contributed by atoms with van der Waals surface area (Å²) in [5.74, 6) is 0. The van der Waals surface area contributed by atoms with Crippen molar-refractivity contribution in [1.29, 1.82) is 0 Å². The summed E-state index contributed by atoms with van der Waals surface area (Å²) in [6.07, 6.45) is 3.50. The smallest absolute Gasteiger partial charge is 0.115 e. The first kappa shape index (κ1) is 7.98. The summed E-state index contributed by atoms with van der Waals surface area (Å²) in [4.78, 5) is 11.5. The van der Waals surface area contributed by atoms with Crippen LogP contribution in [-0.4, -0.2) is 15.0 Å². The van der Waals surface area contributed by atoms with Crippen LogP contribution in [0.25, 0.3) is 11.3 Å². The van der Waals surface area contributed by atoms with Crippen molar-refractivity contribution in [2.45, 2.75) is 13.8 Å². The summed E-state index contributed by atoms with van der Waals surface area (Å²) in [7, 11) is 0. The third-order valence-electron chi connectivity index (χ3n) is 2.09. The van der Waals surface area contributed by atoms with Crippen LogP contribution in [0.2, 0.25) is 0 Å². The van der Waals surface area contributed by atoms with E-state index in [1.807, 2.05) is 32.2 Å². The van der Waals surface area contributed by atoms with Gasteiger partial charge >= 0.3 is 0 Å². The largest absolute Gasteiger partial charge is 0.361 e. The lowest BCUT2D eigenvalue weighted by atomic mass is 10.1. The predicted octanol–water partition coefficient (Wildman–Crippen LogP) is 2.09. The monoisotopic (exact) mass is 173 g/mol. The summed E-state index contributed by atoms with van der Waals surface area (Å²) < 4.78 is 0. The Hall–Kier alpha value is -1.64. The zero-order valence-electron chi connectivity index (χ0n) is 7.70. The van der Waals surface area contributed by atoms with E-state index in [-0.39, 0.29) is 0 Å². The van der Waals surface area contributed by atoms with Crippen LogP contribution in [0.3, 0.4) is 0 Å². The zero-order valence-corrected chi connectivity index (χ0v) is 7.70. The molecule has 66 valence electrons. The van der Waals surface area contributed by atoms with E-state index in [9.17, 15) is 0 Å². The van der Waals surface area contributed by atoms with Crippen molar-refractivity contribution >= 4 is 0 Å². The van der Waals surface area contributed by atoms with E-state index in [1.54, 1.807) is 6.33 Å². The molecule has 0 radical (unpaired) electrons. The summed E-state index contributed by atoms with van der Waals surface area (Å²) >= 11 is 0. The average molecular weight is 173 g/mol. The van der Waals surface area contributed by atoms with E-state index in [4.69, 9.17) is 0 Å². The number of hydrogen-bond donors (Lipinski definition) is 1. The number of aryl methyl sites for hydroxylation is 2. The predicted molar refractivity (Wildman–Crippen MR) is 51.3 cm³/mol. The second-order valence-corrected chi connectivity index (χ2v) is 3.00. The van der Waals surface area contributed by atoms with Gasteiger partial charge in [0.15, 0.2) is 0 Å². The van der Waals surface area contributed by atoms with Crippen LogP contribution in [0, 0.1) is 13.8 Å². The second kappa shape index (κ2) is 3.01. The van der Waals surface area contributed by atoms with Gasteiger partial charge in [-0.2, -0.15) is 0 Å². The lowest BCUT2D eigenvalue weighted by Crippen LogP contribution is -1.94. The van der Waals surface area contributed by atoms with Crippen molar-refractivity contribution in [2.24, 2.45) is 0 Å². The van der Waals surface area contributed by atoms with Gasteiger partial charge in [-0.05, 0) is 26.0 Å². The minimum atomic E-state index is 1.01. The summed E-state index contributed by atoms with van der Waals surface area (Å²) in [5, 5.41) is 0. The quantitative estimate of drug-likeness (QED) is 0.717. The highest BCUT2D eigenvalue weighted by atomic mass is 14.8. The van der Waals surface area contributed by atoms with E-state index in [0.29, 0.717) is 0 Å². The molecule has 0 spiro atoms. The molecule has 0 aliphatic rings. The van der Waals surface area contributed by atoms with Crippen molar-refractivity contribution in [1.82, 2.24) is 15.0 Å².